The third kappa shape index (κ3) is 4.23. The fourth-order valence-electron chi connectivity index (χ4n) is 5.11. The third-order valence-electron chi connectivity index (χ3n) is 7.25. The third-order valence-corrected chi connectivity index (χ3v) is 8.55. The van der Waals surface area contributed by atoms with Crippen molar-refractivity contribution in [2.75, 3.05) is 4.90 Å². The second-order valence-corrected chi connectivity index (χ2v) is 11.5. The quantitative estimate of drug-likeness (QED) is 0.169. The molecular weight excluding hydrogens is 567 g/mol. The van der Waals surface area contributed by atoms with Gasteiger partial charge in [0.2, 0.25) is 0 Å². The van der Waals surface area contributed by atoms with E-state index in [-0.39, 0.29) is 21.5 Å². The van der Waals surface area contributed by atoms with Gasteiger partial charge in [0.1, 0.15) is 17.0 Å². The van der Waals surface area contributed by atoms with E-state index in [1.165, 1.54) is 9.58 Å². The summed E-state index contributed by atoms with van der Waals surface area (Å²) in [4.78, 5) is 29.3. The molecule has 0 unspecified atom stereocenters. The maximum absolute atomic E-state index is 13.9. The summed E-state index contributed by atoms with van der Waals surface area (Å²) in [5.41, 5.74) is 4.12. The van der Waals surface area contributed by atoms with E-state index in [1.54, 1.807) is 22.5 Å². The normalized spacial score (nSPS) is 14.5. The molecular formula is C32H23N5O3S2. The average molecular weight is 590 g/mol. The molecule has 1 fully saturated rings. The predicted octanol–water partition coefficient (Wildman–Crippen LogP) is 6.49. The first kappa shape index (κ1) is 26.0. The first-order valence-corrected chi connectivity index (χ1v) is 14.4. The largest absolute Gasteiger partial charge is 0.454 e. The van der Waals surface area contributed by atoms with Crippen LogP contribution < -0.4 is 10.5 Å². The van der Waals surface area contributed by atoms with Gasteiger partial charge in [-0.3, -0.25) is 19.2 Å². The molecule has 0 atom stereocenters. The van der Waals surface area contributed by atoms with Crippen LogP contribution >= 0.6 is 24.0 Å². The van der Waals surface area contributed by atoms with Crippen LogP contribution in [0.15, 0.2) is 111 Å². The molecule has 206 valence electrons. The summed E-state index contributed by atoms with van der Waals surface area (Å²) in [6.45, 7) is 1.81. The van der Waals surface area contributed by atoms with Crippen LogP contribution in [0.25, 0.3) is 39.9 Å². The molecule has 6 aromatic rings. The summed E-state index contributed by atoms with van der Waals surface area (Å²) in [5.74, 6) is 0.219. The Kier molecular flexibility index (Phi) is 6.29. The van der Waals surface area contributed by atoms with E-state index in [0.717, 1.165) is 28.4 Å². The fourth-order valence-corrected chi connectivity index (χ4v) is 6.37. The van der Waals surface area contributed by atoms with Crippen molar-refractivity contribution in [2.24, 2.45) is 7.05 Å². The molecule has 0 spiro atoms. The van der Waals surface area contributed by atoms with E-state index in [1.807, 2.05) is 104 Å². The molecule has 1 saturated heterocycles. The first-order chi connectivity index (χ1) is 20.4. The number of thiocarbonyl (C=S) groups is 1. The molecule has 0 aliphatic carbocycles. The topological polar surface area (TPSA) is 78.2 Å². The van der Waals surface area contributed by atoms with Gasteiger partial charge in [-0.2, -0.15) is 5.10 Å². The zero-order chi connectivity index (χ0) is 29.0. The second-order valence-electron chi connectivity index (χ2n) is 9.79. The van der Waals surface area contributed by atoms with Crippen LogP contribution in [0.1, 0.15) is 11.3 Å². The van der Waals surface area contributed by atoms with Gasteiger partial charge < -0.3 is 4.42 Å². The molecule has 1 amide bonds. The van der Waals surface area contributed by atoms with Gasteiger partial charge in [-0.25, -0.2) is 9.36 Å². The van der Waals surface area contributed by atoms with Gasteiger partial charge in [0, 0.05) is 24.2 Å². The fraction of sp³-hybridized carbons (Fsp3) is 0.0625. The second kappa shape index (κ2) is 10.2. The molecule has 4 heterocycles. The number of aromatic nitrogens is 4. The number of furan rings is 1. The SMILES string of the molecule is Cc1c(N2C(=O)C(=Cc3cn(-c4ccccc4)nc3-c3cc4ccccc4o3)SC2=S)c(=O)n(-c2ccccc2)n1C. The van der Waals surface area contributed by atoms with Crippen molar-refractivity contribution in [1.82, 2.24) is 19.1 Å². The summed E-state index contributed by atoms with van der Waals surface area (Å²) in [6, 6.07) is 28.7. The number of benzene rings is 3. The highest BCUT2D eigenvalue weighted by Gasteiger charge is 2.38. The Balaban J connectivity index is 1.33. The molecule has 3 aromatic heterocycles. The van der Waals surface area contributed by atoms with Crippen LogP contribution in [0.2, 0.25) is 0 Å². The minimum absolute atomic E-state index is 0.241. The van der Waals surface area contributed by atoms with Crippen molar-refractivity contribution < 1.29 is 9.21 Å². The van der Waals surface area contributed by atoms with E-state index in [0.29, 0.717) is 33.3 Å². The maximum Gasteiger partial charge on any atom is 0.296 e. The molecule has 42 heavy (non-hydrogen) atoms. The lowest BCUT2D eigenvalue weighted by Gasteiger charge is -2.12. The highest BCUT2D eigenvalue weighted by Crippen LogP contribution is 2.38. The van der Waals surface area contributed by atoms with Crippen molar-refractivity contribution in [3.63, 3.8) is 0 Å². The molecule has 0 bridgehead atoms. The Morgan fingerprint density at radius 2 is 1.57 bits per heavy atom. The zero-order valence-corrected chi connectivity index (χ0v) is 24.2. The number of thioether (sulfide) groups is 1. The molecule has 1 aliphatic heterocycles. The van der Waals surface area contributed by atoms with Crippen LogP contribution in [-0.2, 0) is 11.8 Å². The number of carbonyl (C=O) groups is 1. The van der Waals surface area contributed by atoms with E-state index in [4.69, 9.17) is 21.7 Å². The van der Waals surface area contributed by atoms with Crippen molar-refractivity contribution in [3.8, 4) is 22.8 Å². The number of anilines is 1. The molecule has 0 N–H and O–H groups in total. The Hall–Kier alpha value is -4.93. The predicted molar refractivity (Wildman–Crippen MR) is 170 cm³/mol. The van der Waals surface area contributed by atoms with E-state index in [2.05, 4.69) is 0 Å². The number of amides is 1. The molecule has 1 aliphatic rings. The van der Waals surface area contributed by atoms with Gasteiger partial charge >= 0.3 is 0 Å². The summed E-state index contributed by atoms with van der Waals surface area (Å²) in [5, 5.41) is 5.79. The van der Waals surface area contributed by atoms with E-state index in [9.17, 15) is 9.59 Å². The van der Waals surface area contributed by atoms with Crippen LogP contribution in [0.4, 0.5) is 5.69 Å². The Labute approximate surface area is 250 Å². The van der Waals surface area contributed by atoms with Gasteiger partial charge in [0.15, 0.2) is 10.1 Å². The number of carbonyl (C=O) groups excluding carboxylic acids is 1. The van der Waals surface area contributed by atoms with Crippen LogP contribution in [-0.4, -0.2) is 29.4 Å². The van der Waals surface area contributed by atoms with Crippen LogP contribution in [0.5, 0.6) is 0 Å². The summed E-state index contributed by atoms with van der Waals surface area (Å²) in [6.07, 6.45) is 3.63. The van der Waals surface area contributed by atoms with E-state index >= 15 is 0 Å². The summed E-state index contributed by atoms with van der Waals surface area (Å²) < 4.78 is 11.5. The number of fused-ring (bicyclic) bond motifs is 1. The number of nitrogens with zero attached hydrogens (tertiary/aromatic N) is 5. The van der Waals surface area contributed by atoms with Gasteiger partial charge in [0.05, 0.1) is 22.0 Å². The van der Waals surface area contributed by atoms with Gasteiger partial charge in [-0.05, 0) is 49.4 Å². The smallest absolute Gasteiger partial charge is 0.296 e. The molecule has 8 nitrogen and oxygen atoms in total. The van der Waals surface area contributed by atoms with E-state index < -0.39 is 0 Å². The summed E-state index contributed by atoms with van der Waals surface area (Å²) >= 11 is 6.82. The minimum atomic E-state index is -0.362. The van der Waals surface area contributed by atoms with Crippen molar-refractivity contribution in [1.29, 1.82) is 0 Å². The van der Waals surface area contributed by atoms with Gasteiger partial charge in [-0.15, -0.1) is 0 Å². The lowest BCUT2D eigenvalue weighted by atomic mass is 10.1. The van der Waals surface area contributed by atoms with Crippen molar-refractivity contribution in [3.05, 3.63) is 124 Å². The summed E-state index contributed by atoms with van der Waals surface area (Å²) in [7, 11) is 1.79. The number of hydrogen-bond acceptors (Lipinski definition) is 6. The van der Waals surface area contributed by atoms with Gasteiger partial charge in [0.25, 0.3) is 11.5 Å². The lowest BCUT2D eigenvalue weighted by molar-refractivity contribution is -0.113. The Bertz CT molecular complexity index is 2070. The molecule has 0 radical (unpaired) electrons. The zero-order valence-electron chi connectivity index (χ0n) is 22.6. The standard InChI is InChI=1S/C32H23N5O3S2/c1-20-29(31(39)37(34(20)2)24-14-7-4-8-15-24)36-30(38)27(42-32(36)41)18-22-19-35(23-12-5-3-6-13-23)33-28(22)26-17-21-11-9-10-16-25(21)40-26/h3-19H,1-2H3. The highest BCUT2D eigenvalue weighted by molar-refractivity contribution is 8.27. The molecule has 3 aromatic carbocycles. The molecule has 0 saturated carbocycles. The van der Waals surface area contributed by atoms with Crippen LogP contribution in [0.3, 0.4) is 0 Å². The first-order valence-electron chi connectivity index (χ1n) is 13.2. The molecule has 7 rings (SSSR count). The number of para-hydroxylation sites is 3. The van der Waals surface area contributed by atoms with Crippen molar-refractivity contribution >= 4 is 56.9 Å². The Morgan fingerprint density at radius 3 is 2.29 bits per heavy atom. The van der Waals surface area contributed by atoms with Gasteiger partial charge in [-0.1, -0.05) is 78.6 Å². The van der Waals surface area contributed by atoms with Crippen molar-refractivity contribution in [2.45, 2.75) is 6.92 Å². The number of hydrogen-bond donors (Lipinski definition) is 0. The average Bonchev–Trinajstić information content (AvgIpc) is 3.74. The lowest BCUT2D eigenvalue weighted by Crippen LogP contribution is -2.33. The van der Waals surface area contributed by atoms with Crippen LogP contribution in [0, 0.1) is 6.92 Å². The monoisotopic (exact) mass is 589 g/mol. The Morgan fingerprint density at radius 1 is 0.905 bits per heavy atom. The molecule has 10 heteroatoms. The highest BCUT2D eigenvalue weighted by atomic mass is 32.2. The number of rotatable bonds is 5. The maximum atomic E-state index is 13.9. The minimum Gasteiger partial charge on any atom is -0.454 e.